The molecular formula is C19H19N5O4. The first-order chi connectivity index (χ1) is 13.6. The van der Waals surface area contributed by atoms with Gasteiger partial charge in [0.25, 0.3) is 0 Å². The van der Waals surface area contributed by atoms with Crippen molar-refractivity contribution in [3.8, 4) is 5.69 Å². The normalized spacial score (nSPS) is 13.4. The Morgan fingerprint density at radius 3 is 2.82 bits per heavy atom. The molecule has 0 bridgehead atoms. The van der Waals surface area contributed by atoms with Crippen LogP contribution in [0.1, 0.15) is 53.8 Å². The highest BCUT2D eigenvalue weighted by atomic mass is 16.5. The Labute approximate surface area is 160 Å². The van der Waals surface area contributed by atoms with E-state index in [9.17, 15) is 9.59 Å². The lowest BCUT2D eigenvalue weighted by Crippen LogP contribution is -2.14. The van der Waals surface area contributed by atoms with Gasteiger partial charge in [0.15, 0.2) is 11.5 Å². The number of amides is 1. The molecule has 0 aliphatic heterocycles. The minimum Gasteiger partial charge on any atom is -0.476 e. The number of rotatable bonds is 8. The van der Waals surface area contributed by atoms with E-state index in [1.54, 1.807) is 30.5 Å². The molecule has 9 heteroatoms. The van der Waals surface area contributed by atoms with Gasteiger partial charge in [-0.3, -0.25) is 4.79 Å². The molecule has 2 heterocycles. The Kier molecular flexibility index (Phi) is 4.88. The number of para-hydroxylation sites is 2. The van der Waals surface area contributed by atoms with E-state index in [0.717, 1.165) is 18.7 Å². The van der Waals surface area contributed by atoms with E-state index in [1.807, 2.05) is 0 Å². The molecule has 0 atom stereocenters. The van der Waals surface area contributed by atoms with Crippen LogP contribution in [-0.4, -0.2) is 36.9 Å². The van der Waals surface area contributed by atoms with E-state index in [2.05, 4.69) is 20.6 Å². The first-order valence-electron chi connectivity index (χ1n) is 9.11. The number of anilines is 1. The molecular weight excluding hydrogens is 362 g/mol. The summed E-state index contributed by atoms with van der Waals surface area (Å²) in [5.41, 5.74) is 1.09. The van der Waals surface area contributed by atoms with Crippen LogP contribution in [0.4, 0.5) is 5.69 Å². The highest BCUT2D eigenvalue weighted by molar-refractivity contribution is 5.92. The maximum atomic E-state index is 12.3. The third-order valence-electron chi connectivity index (χ3n) is 4.45. The molecule has 1 aliphatic carbocycles. The van der Waals surface area contributed by atoms with Gasteiger partial charge in [-0.05, 0) is 37.5 Å². The molecule has 1 aliphatic rings. The van der Waals surface area contributed by atoms with Gasteiger partial charge in [-0.1, -0.05) is 17.3 Å². The number of carboxylic acids is 1. The zero-order valence-electron chi connectivity index (χ0n) is 15.0. The topological polar surface area (TPSA) is 123 Å². The van der Waals surface area contributed by atoms with Gasteiger partial charge in [0.05, 0.1) is 11.4 Å². The molecule has 9 nitrogen and oxygen atoms in total. The summed E-state index contributed by atoms with van der Waals surface area (Å²) in [5, 5.41) is 19.9. The van der Waals surface area contributed by atoms with Gasteiger partial charge in [-0.15, -0.1) is 0 Å². The lowest BCUT2D eigenvalue weighted by Gasteiger charge is -2.10. The summed E-state index contributed by atoms with van der Waals surface area (Å²) in [6.07, 6.45) is 5.22. The standard InChI is InChI=1S/C19H19N5O4/c25-16(6-3-7-17-21-18(23-28-17)12-8-9-12)20-13-4-1-2-5-15(13)24-11-10-14(22-24)19(26)27/h1-2,4-5,10-12H,3,6-9H2,(H,20,25)(H,26,27). The lowest BCUT2D eigenvalue weighted by atomic mass is 10.2. The number of nitrogens with zero attached hydrogens (tertiary/aromatic N) is 4. The molecule has 4 rings (SSSR count). The van der Waals surface area contributed by atoms with Gasteiger partial charge in [-0.2, -0.15) is 10.1 Å². The van der Waals surface area contributed by atoms with Crippen molar-refractivity contribution < 1.29 is 19.2 Å². The van der Waals surface area contributed by atoms with Crippen LogP contribution < -0.4 is 5.32 Å². The van der Waals surface area contributed by atoms with Crippen LogP contribution in [0.25, 0.3) is 5.69 Å². The highest BCUT2D eigenvalue weighted by Gasteiger charge is 2.28. The van der Waals surface area contributed by atoms with Crippen molar-refractivity contribution in [1.82, 2.24) is 19.9 Å². The van der Waals surface area contributed by atoms with Crippen molar-refractivity contribution in [2.24, 2.45) is 0 Å². The second kappa shape index (κ2) is 7.63. The van der Waals surface area contributed by atoms with Gasteiger partial charge >= 0.3 is 5.97 Å². The van der Waals surface area contributed by atoms with Crippen LogP contribution in [0, 0.1) is 0 Å². The quantitative estimate of drug-likeness (QED) is 0.615. The summed E-state index contributed by atoms with van der Waals surface area (Å²) in [6.45, 7) is 0. The fraction of sp³-hybridized carbons (Fsp3) is 0.316. The fourth-order valence-corrected chi connectivity index (χ4v) is 2.84. The van der Waals surface area contributed by atoms with Gasteiger partial charge in [0.2, 0.25) is 11.8 Å². The van der Waals surface area contributed by atoms with Crippen molar-refractivity contribution in [2.45, 2.75) is 38.0 Å². The van der Waals surface area contributed by atoms with Crippen LogP contribution in [0.5, 0.6) is 0 Å². The molecule has 28 heavy (non-hydrogen) atoms. The second-order valence-electron chi connectivity index (χ2n) is 6.69. The maximum Gasteiger partial charge on any atom is 0.356 e. The molecule has 0 unspecified atom stereocenters. The molecule has 2 N–H and O–H groups in total. The van der Waals surface area contributed by atoms with Gasteiger partial charge in [0, 0.05) is 25.0 Å². The second-order valence-corrected chi connectivity index (χ2v) is 6.69. The lowest BCUT2D eigenvalue weighted by molar-refractivity contribution is -0.116. The number of benzene rings is 1. The Balaban J connectivity index is 1.35. The Morgan fingerprint density at radius 2 is 2.07 bits per heavy atom. The van der Waals surface area contributed by atoms with Crippen molar-refractivity contribution >= 4 is 17.6 Å². The van der Waals surface area contributed by atoms with Crippen molar-refractivity contribution in [3.05, 3.63) is 53.9 Å². The Hall–Kier alpha value is -3.49. The van der Waals surface area contributed by atoms with E-state index < -0.39 is 5.97 Å². The molecule has 1 fully saturated rings. The van der Waals surface area contributed by atoms with Gasteiger partial charge in [-0.25, -0.2) is 9.48 Å². The van der Waals surface area contributed by atoms with Gasteiger partial charge < -0.3 is 14.9 Å². The Morgan fingerprint density at radius 1 is 1.25 bits per heavy atom. The van der Waals surface area contributed by atoms with E-state index >= 15 is 0 Å². The third-order valence-corrected chi connectivity index (χ3v) is 4.45. The number of aryl methyl sites for hydroxylation is 1. The molecule has 0 radical (unpaired) electrons. The molecule has 144 valence electrons. The molecule has 1 saturated carbocycles. The summed E-state index contributed by atoms with van der Waals surface area (Å²) < 4.78 is 6.64. The van der Waals surface area contributed by atoms with E-state index in [4.69, 9.17) is 9.63 Å². The average Bonchev–Trinajstić information content (AvgIpc) is 3.22. The zero-order chi connectivity index (χ0) is 19.5. The highest BCUT2D eigenvalue weighted by Crippen LogP contribution is 2.38. The van der Waals surface area contributed by atoms with Crippen LogP contribution >= 0.6 is 0 Å². The minimum absolute atomic E-state index is 0.0637. The minimum atomic E-state index is -1.11. The fourth-order valence-electron chi connectivity index (χ4n) is 2.84. The SMILES string of the molecule is O=C(CCCc1nc(C2CC2)no1)Nc1ccccc1-n1ccc(C(=O)O)n1. The van der Waals surface area contributed by atoms with Crippen LogP contribution in [0.2, 0.25) is 0 Å². The molecule has 1 aromatic carbocycles. The number of nitrogens with one attached hydrogen (secondary N) is 1. The summed E-state index contributed by atoms with van der Waals surface area (Å²) in [4.78, 5) is 27.7. The molecule has 0 saturated heterocycles. The maximum absolute atomic E-state index is 12.3. The monoisotopic (exact) mass is 381 g/mol. The van der Waals surface area contributed by atoms with E-state index in [-0.39, 0.29) is 11.6 Å². The van der Waals surface area contributed by atoms with E-state index in [1.165, 1.54) is 10.7 Å². The van der Waals surface area contributed by atoms with Crippen molar-refractivity contribution in [1.29, 1.82) is 0 Å². The number of hydrogen-bond donors (Lipinski definition) is 2. The summed E-state index contributed by atoms with van der Waals surface area (Å²) in [6, 6.07) is 8.49. The van der Waals surface area contributed by atoms with Crippen molar-refractivity contribution in [3.63, 3.8) is 0 Å². The number of aromatic carboxylic acids is 1. The number of carboxylic acid groups (broad SMARTS) is 1. The predicted molar refractivity (Wildman–Crippen MR) is 98.4 cm³/mol. The molecule has 1 amide bonds. The van der Waals surface area contributed by atoms with E-state index in [0.29, 0.717) is 42.4 Å². The Bertz CT molecular complexity index is 1010. The molecule has 2 aromatic heterocycles. The van der Waals surface area contributed by atoms with Crippen LogP contribution in [0.3, 0.4) is 0 Å². The van der Waals surface area contributed by atoms with Gasteiger partial charge in [0.1, 0.15) is 0 Å². The molecule has 3 aromatic rings. The largest absolute Gasteiger partial charge is 0.476 e. The average molecular weight is 381 g/mol. The number of hydrogen-bond acceptors (Lipinski definition) is 6. The summed E-state index contributed by atoms with van der Waals surface area (Å²) in [5.74, 6) is 0.522. The molecule has 0 spiro atoms. The van der Waals surface area contributed by atoms with Crippen molar-refractivity contribution in [2.75, 3.05) is 5.32 Å². The summed E-state index contributed by atoms with van der Waals surface area (Å²) in [7, 11) is 0. The number of carbonyl (C=O) groups is 2. The van der Waals surface area contributed by atoms with Crippen LogP contribution in [0.15, 0.2) is 41.1 Å². The summed E-state index contributed by atoms with van der Waals surface area (Å²) >= 11 is 0. The smallest absolute Gasteiger partial charge is 0.356 e. The zero-order valence-corrected chi connectivity index (χ0v) is 15.0. The first-order valence-corrected chi connectivity index (χ1v) is 9.11. The van der Waals surface area contributed by atoms with Crippen LogP contribution in [-0.2, 0) is 11.2 Å². The number of carbonyl (C=O) groups excluding carboxylic acids is 1. The third kappa shape index (κ3) is 4.08. The first kappa shape index (κ1) is 17.9. The predicted octanol–water partition coefficient (Wildman–Crippen LogP) is 2.79. The number of aromatic nitrogens is 4.